The number of aromatic nitrogens is 3. The Balaban J connectivity index is 1.47. The molecule has 1 aliphatic carbocycles. The van der Waals surface area contributed by atoms with Gasteiger partial charge in [-0.15, -0.1) is 0 Å². The van der Waals surface area contributed by atoms with Gasteiger partial charge < -0.3 is 20.7 Å². The van der Waals surface area contributed by atoms with Crippen molar-refractivity contribution >= 4 is 28.9 Å². The molecule has 2 heterocycles. The van der Waals surface area contributed by atoms with Crippen molar-refractivity contribution in [3.8, 4) is 5.75 Å². The van der Waals surface area contributed by atoms with E-state index < -0.39 is 6.04 Å². The van der Waals surface area contributed by atoms with Crippen LogP contribution in [0.2, 0.25) is 0 Å². The van der Waals surface area contributed by atoms with Gasteiger partial charge in [0.1, 0.15) is 6.04 Å². The Morgan fingerprint density at radius 1 is 1.18 bits per heavy atom. The standard InChI is InChI=1S/C25H30N6O3/c1-31-16-20(14-27-31)29-25(33)22(12-17-6-3-4-7-17)30-24(32)18-8-5-9-19(13-18)28-21-10-11-26-15-23(21)34-2/h5,8-11,13-17,22H,3-4,6-7,12H2,1-2H3,(H,26,28)(H,29,33)(H,30,32)/t22-/m0/s1. The van der Waals surface area contributed by atoms with Crippen LogP contribution in [-0.2, 0) is 11.8 Å². The molecule has 34 heavy (non-hydrogen) atoms. The third-order valence-corrected chi connectivity index (χ3v) is 6.05. The Morgan fingerprint density at radius 2 is 2.00 bits per heavy atom. The SMILES string of the molecule is COc1cnccc1Nc1cccc(C(=O)N[C@@H](CC2CCCC2)C(=O)Nc2cnn(C)c2)c1. The van der Waals surface area contributed by atoms with Crippen LogP contribution < -0.4 is 20.7 Å². The van der Waals surface area contributed by atoms with Gasteiger partial charge in [-0.1, -0.05) is 31.7 Å². The molecule has 1 fully saturated rings. The Bertz CT molecular complexity index is 1140. The van der Waals surface area contributed by atoms with Gasteiger partial charge in [-0.05, 0) is 36.6 Å². The maximum absolute atomic E-state index is 13.1. The molecule has 4 rings (SSSR count). The van der Waals surface area contributed by atoms with Crippen LogP contribution >= 0.6 is 0 Å². The van der Waals surface area contributed by atoms with Crippen molar-refractivity contribution in [1.29, 1.82) is 0 Å². The van der Waals surface area contributed by atoms with Crippen molar-refractivity contribution in [3.63, 3.8) is 0 Å². The van der Waals surface area contributed by atoms with Gasteiger partial charge in [0.15, 0.2) is 5.75 Å². The smallest absolute Gasteiger partial charge is 0.252 e. The summed E-state index contributed by atoms with van der Waals surface area (Å²) in [5, 5.41) is 13.2. The first-order valence-corrected chi connectivity index (χ1v) is 11.5. The van der Waals surface area contributed by atoms with Crippen LogP contribution in [0, 0.1) is 5.92 Å². The minimum absolute atomic E-state index is 0.232. The number of carbonyl (C=O) groups is 2. The van der Waals surface area contributed by atoms with E-state index in [4.69, 9.17) is 4.74 Å². The van der Waals surface area contributed by atoms with Gasteiger partial charge in [-0.25, -0.2) is 0 Å². The molecule has 2 aromatic heterocycles. The van der Waals surface area contributed by atoms with Crippen LogP contribution in [0.3, 0.4) is 0 Å². The molecule has 0 unspecified atom stereocenters. The number of hydrogen-bond donors (Lipinski definition) is 3. The highest BCUT2D eigenvalue weighted by atomic mass is 16.5. The van der Waals surface area contributed by atoms with E-state index in [1.54, 1.807) is 67.9 Å². The molecular weight excluding hydrogens is 432 g/mol. The molecule has 9 heteroatoms. The lowest BCUT2D eigenvalue weighted by Gasteiger charge is -2.21. The number of methoxy groups -OCH3 is 1. The maximum Gasteiger partial charge on any atom is 0.252 e. The van der Waals surface area contributed by atoms with Crippen LogP contribution in [0.15, 0.2) is 55.1 Å². The molecule has 1 aliphatic rings. The lowest BCUT2D eigenvalue weighted by atomic mass is 9.97. The van der Waals surface area contributed by atoms with Gasteiger partial charge in [0.25, 0.3) is 5.91 Å². The van der Waals surface area contributed by atoms with Crippen LogP contribution in [0.5, 0.6) is 5.75 Å². The number of rotatable bonds is 9. The molecule has 0 radical (unpaired) electrons. The number of ether oxygens (including phenoxy) is 1. The zero-order valence-corrected chi connectivity index (χ0v) is 19.5. The zero-order chi connectivity index (χ0) is 23.9. The molecule has 0 spiro atoms. The van der Waals surface area contributed by atoms with E-state index in [1.165, 1.54) is 12.8 Å². The molecule has 0 aliphatic heterocycles. The molecule has 3 aromatic rings. The van der Waals surface area contributed by atoms with E-state index in [0.717, 1.165) is 24.2 Å². The predicted molar refractivity (Wildman–Crippen MR) is 130 cm³/mol. The molecule has 3 N–H and O–H groups in total. The molecule has 1 aromatic carbocycles. The normalized spacial score (nSPS) is 14.4. The number of hydrogen-bond acceptors (Lipinski definition) is 6. The second kappa shape index (κ2) is 10.8. The first-order valence-electron chi connectivity index (χ1n) is 11.5. The molecule has 1 saturated carbocycles. The van der Waals surface area contributed by atoms with Crippen molar-refractivity contribution in [2.75, 3.05) is 17.7 Å². The lowest BCUT2D eigenvalue weighted by molar-refractivity contribution is -0.118. The number of nitrogens with zero attached hydrogens (tertiary/aromatic N) is 3. The molecule has 1 atom stereocenters. The van der Waals surface area contributed by atoms with Gasteiger partial charge in [0.05, 0.1) is 30.9 Å². The second-order valence-electron chi connectivity index (χ2n) is 8.59. The van der Waals surface area contributed by atoms with Crippen molar-refractivity contribution in [3.05, 3.63) is 60.7 Å². The zero-order valence-electron chi connectivity index (χ0n) is 19.5. The summed E-state index contributed by atoms with van der Waals surface area (Å²) in [7, 11) is 3.36. The molecule has 0 bridgehead atoms. The number of amides is 2. The van der Waals surface area contributed by atoms with Crippen molar-refractivity contribution < 1.29 is 14.3 Å². The minimum atomic E-state index is -0.632. The van der Waals surface area contributed by atoms with Crippen LogP contribution in [0.25, 0.3) is 0 Å². The Morgan fingerprint density at radius 3 is 2.74 bits per heavy atom. The summed E-state index contributed by atoms with van der Waals surface area (Å²) >= 11 is 0. The molecule has 9 nitrogen and oxygen atoms in total. The quantitative estimate of drug-likeness (QED) is 0.445. The highest BCUT2D eigenvalue weighted by molar-refractivity contribution is 6.01. The van der Waals surface area contributed by atoms with E-state index in [9.17, 15) is 9.59 Å². The van der Waals surface area contributed by atoms with Gasteiger partial charge >= 0.3 is 0 Å². The van der Waals surface area contributed by atoms with Crippen molar-refractivity contribution in [1.82, 2.24) is 20.1 Å². The first kappa shape index (κ1) is 23.3. The van der Waals surface area contributed by atoms with E-state index in [2.05, 4.69) is 26.0 Å². The summed E-state index contributed by atoms with van der Waals surface area (Å²) in [5.41, 5.74) is 2.54. The number of anilines is 3. The van der Waals surface area contributed by atoms with E-state index in [1.807, 2.05) is 6.07 Å². The summed E-state index contributed by atoms with van der Waals surface area (Å²) in [6, 6.07) is 8.31. The average Bonchev–Trinajstić information content (AvgIpc) is 3.50. The Hall–Kier alpha value is -3.88. The number of carbonyl (C=O) groups excluding carboxylic acids is 2. The number of benzene rings is 1. The fourth-order valence-corrected chi connectivity index (χ4v) is 4.31. The summed E-state index contributed by atoms with van der Waals surface area (Å²) in [6.45, 7) is 0. The lowest BCUT2D eigenvalue weighted by Crippen LogP contribution is -2.44. The summed E-state index contributed by atoms with van der Waals surface area (Å²) in [5.74, 6) is 0.497. The van der Waals surface area contributed by atoms with Gasteiger partial charge in [0.2, 0.25) is 5.91 Å². The highest BCUT2D eigenvalue weighted by Crippen LogP contribution is 2.29. The van der Waals surface area contributed by atoms with Crippen LogP contribution in [0.1, 0.15) is 42.5 Å². The van der Waals surface area contributed by atoms with Crippen LogP contribution in [0.4, 0.5) is 17.1 Å². The second-order valence-corrected chi connectivity index (χ2v) is 8.59. The summed E-state index contributed by atoms with van der Waals surface area (Å²) < 4.78 is 6.95. The van der Waals surface area contributed by atoms with Gasteiger partial charge in [0, 0.05) is 30.7 Å². The Labute approximate surface area is 198 Å². The first-order chi connectivity index (χ1) is 16.5. The third-order valence-electron chi connectivity index (χ3n) is 6.05. The average molecular weight is 463 g/mol. The van der Waals surface area contributed by atoms with Crippen molar-refractivity contribution in [2.45, 2.75) is 38.1 Å². The fourth-order valence-electron chi connectivity index (χ4n) is 4.31. The largest absolute Gasteiger partial charge is 0.493 e. The number of pyridine rings is 1. The Kier molecular flexibility index (Phi) is 7.41. The van der Waals surface area contributed by atoms with E-state index in [-0.39, 0.29) is 11.8 Å². The summed E-state index contributed by atoms with van der Waals surface area (Å²) in [4.78, 5) is 30.3. The molecular formula is C25H30N6O3. The van der Waals surface area contributed by atoms with E-state index in [0.29, 0.717) is 29.3 Å². The molecule has 2 amide bonds. The number of nitrogens with one attached hydrogen (secondary N) is 3. The van der Waals surface area contributed by atoms with Crippen molar-refractivity contribution in [2.24, 2.45) is 13.0 Å². The van der Waals surface area contributed by atoms with Gasteiger partial charge in [-0.2, -0.15) is 5.10 Å². The predicted octanol–water partition coefficient (Wildman–Crippen LogP) is 3.88. The summed E-state index contributed by atoms with van der Waals surface area (Å²) in [6.07, 6.45) is 11.7. The minimum Gasteiger partial charge on any atom is -0.493 e. The monoisotopic (exact) mass is 462 g/mol. The molecule has 0 saturated heterocycles. The fraction of sp³-hybridized carbons (Fsp3) is 0.360. The van der Waals surface area contributed by atoms with Crippen LogP contribution in [-0.4, -0.2) is 39.7 Å². The van der Waals surface area contributed by atoms with E-state index >= 15 is 0 Å². The number of aryl methyl sites for hydroxylation is 1. The van der Waals surface area contributed by atoms with Gasteiger partial charge in [-0.3, -0.25) is 19.3 Å². The third kappa shape index (κ3) is 5.92. The topological polar surface area (TPSA) is 110 Å². The highest BCUT2D eigenvalue weighted by Gasteiger charge is 2.27. The molecule has 178 valence electrons. The maximum atomic E-state index is 13.1.